The van der Waals surface area contributed by atoms with E-state index in [1.807, 2.05) is 13.8 Å². The highest BCUT2D eigenvalue weighted by Crippen LogP contribution is 2.38. The molecule has 0 saturated heterocycles. The Morgan fingerprint density at radius 1 is 1.37 bits per heavy atom. The standard InChI is InChI=1S/C14H18F2O2S/c1-4-8(3)19-12-9(5-2)10(14(17)18)6-7-11(12)13(15)16/h6-8,13H,4-5H2,1-3H3,(H,17,18)/t8-/m0/s1. The number of hydrogen-bond acceptors (Lipinski definition) is 2. The number of carboxylic acid groups (broad SMARTS) is 1. The Hall–Kier alpha value is -1.10. The lowest BCUT2D eigenvalue weighted by atomic mass is 10.0. The summed E-state index contributed by atoms with van der Waals surface area (Å²) >= 11 is 1.34. The summed E-state index contributed by atoms with van der Waals surface area (Å²) in [7, 11) is 0. The van der Waals surface area contributed by atoms with Crippen LogP contribution in [0.25, 0.3) is 0 Å². The van der Waals surface area contributed by atoms with Gasteiger partial charge in [-0.1, -0.05) is 26.8 Å². The van der Waals surface area contributed by atoms with Gasteiger partial charge < -0.3 is 5.11 Å². The van der Waals surface area contributed by atoms with Crippen LogP contribution in [-0.4, -0.2) is 16.3 Å². The van der Waals surface area contributed by atoms with E-state index in [2.05, 4.69) is 0 Å². The van der Waals surface area contributed by atoms with Crippen molar-refractivity contribution in [2.24, 2.45) is 0 Å². The second kappa shape index (κ2) is 6.89. The van der Waals surface area contributed by atoms with E-state index in [9.17, 15) is 13.6 Å². The molecule has 0 amide bonds. The third kappa shape index (κ3) is 3.69. The molecule has 1 rings (SSSR count). The van der Waals surface area contributed by atoms with Crippen molar-refractivity contribution >= 4 is 17.7 Å². The zero-order valence-electron chi connectivity index (χ0n) is 11.2. The summed E-state index contributed by atoms with van der Waals surface area (Å²) in [6, 6.07) is 2.52. The van der Waals surface area contributed by atoms with Crippen LogP contribution in [0.1, 0.15) is 55.1 Å². The van der Waals surface area contributed by atoms with E-state index in [0.717, 1.165) is 6.42 Å². The Kier molecular flexibility index (Phi) is 5.79. The van der Waals surface area contributed by atoms with Crippen LogP contribution >= 0.6 is 11.8 Å². The van der Waals surface area contributed by atoms with Gasteiger partial charge in [-0.3, -0.25) is 0 Å². The fourth-order valence-corrected chi connectivity index (χ4v) is 3.05. The summed E-state index contributed by atoms with van der Waals surface area (Å²) in [5, 5.41) is 9.32. The van der Waals surface area contributed by atoms with E-state index in [-0.39, 0.29) is 16.4 Å². The van der Waals surface area contributed by atoms with Gasteiger partial charge in [0.05, 0.1) is 5.56 Å². The molecule has 0 unspecified atom stereocenters. The first-order valence-corrected chi connectivity index (χ1v) is 7.14. The maximum atomic E-state index is 13.1. The zero-order valence-corrected chi connectivity index (χ0v) is 12.1. The molecule has 1 atom stereocenters. The van der Waals surface area contributed by atoms with E-state index in [1.54, 1.807) is 6.92 Å². The average Bonchev–Trinajstić information content (AvgIpc) is 2.37. The third-order valence-corrected chi connectivity index (χ3v) is 4.46. The Labute approximate surface area is 116 Å². The van der Waals surface area contributed by atoms with Gasteiger partial charge in [-0.2, -0.15) is 0 Å². The number of rotatable bonds is 6. The SMILES string of the molecule is CCc1c(C(=O)O)ccc(C(F)F)c1S[C@@H](C)CC. The molecule has 1 aromatic rings. The number of thioether (sulfide) groups is 1. The fraction of sp³-hybridized carbons (Fsp3) is 0.500. The largest absolute Gasteiger partial charge is 0.478 e. The second-order valence-electron chi connectivity index (χ2n) is 4.31. The summed E-state index contributed by atoms with van der Waals surface area (Å²) in [5.41, 5.74) is 0.570. The first-order valence-electron chi connectivity index (χ1n) is 6.26. The first kappa shape index (κ1) is 16.0. The molecular formula is C14H18F2O2S. The van der Waals surface area contributed by atoms with Crippen LogP contribution < -0.4 is 0 Å². The zero-order chi connectivity index (χ0) is 14.6. The molecule has 5 heteroatoms. The van der Waals surface area contributed by atoms with Gasteiger partial charge >= 0.3 is 5.97 Å². The predicted molar refractivity (Wildman–Crippen MR) is 73.3 cm³/mol. The van der Waals surface area contributed by atoms with Gasteiger partial charge in [-0.15, -0.1) is 11.8 Å². The minimum Gasteiger partial charge on any atom is -0.478 e. The number of alkyl halides is 2. The predicted octanol–water partition coefficient (Wildman–Crippen LogP) is 4.78. The molecule has 0 spiro atoms. The molecule has 0 aromatic heterocycles. The van der Waals surface area contributed by atoms with Gasteiger partial charge in [-0.25, -0.2) is 13.6 Å². The van der Waals surface area contributed by atoms with Crippen molar-refractivity contribution in [3.05, 3.63) is 28.8 Å². The first-order chi connectivity index (χ1) is 8.92. The Morgan fingerprint density at radius 2 is 2.00 bits per heavy atom. The van der Waals surface area contributed by atoms with Crippen molar-refractivity contribution in [3.63, 3.8) is 0 Å². The molecule has 0 heterocycles. The minimum atomic E-state index is -2.58. The van der Waals surface area contributed by atoms with Crippen LogP contribution in [0.5, 0.6) is 0 Å². The van der Waals surface area contributed by atoms with E-state index in [0.29, 0.717) is 16.9 Å². The third-order valence-electron chi connectivity index (χ3n) is 3.00. The molecule has 1 aromatic carbocycles. The Bertz CT molecular complexity index is 461. The highest BCUT2D eigenvalue weighted by molar-refractivity contribution is 8.00. The molecule has 0 aliphatic heterocycles. The summed E-state index contributed by atoms with van der Waals surface area (Å²) in [6.45, 7) is 5.72. The van der Waals surface area contributed by atoms with E-state index in [4.69, 9.17) is 5.11 Å². The monoisotopic (exact) mass is 288 g/mol. The lowest BCUT2D eigenvalue weighted by molar-refractivity contribution is 0.0694. The maximum Gasteiger partial charge on any atom is 0.336 e. The van der Waals surface area contributed by atoms with E-state index < -0.39 is 12.4 Å². The summed E-state index contributed by atoms with van der Waals surface area (Å²) in [6.07, 6.45) is -1.31. The Balaban J connectivity index is 3.40. The smallest absolute Gasteiger partial charge is 0.336 e. The number of carbonyl (C=O) groups is 1. The van der Waals surface area contributed by atoms with Crippen LogP contribution in [0.2, 0.25) is 0 Å². The van der Waals surface area contributed by atoms with Crippen LogP contribution in [0.3, 0.4) is 0 Å². The highest BCUT2D eigenvalue weighted by Gasteiger charge is 2.22. The molecule has 106 valence electrons. The van der Waals surface area contributed by atoms with E-state index in [1.165, 1.54) is 23.9 Å². The number of carboxylic acids is 1. The summed E-state index contributed by atoms with van der Waals surface area (Å²) in [5.74, 6) is -1.07. The van der Waals surface area contributed by atoms with Gasteiger partial charge in [0.1, 0.15) is 0 Å². The molecule has 19 heavy (non-hydrogen) atoms. The maximum absolute atomic E-state index is 13.1. The van der Waals surface area contributed by atoms with Crippen molar-refractivity contribution < 1.29 is 18.7 Å². The Morgan fingerprint density at radius 3 is 2.42 bits per heavy atom. The number of benzene rings is 1. The topological polar surface area (TPSA) is 37.3 Å². The molecule has 0 radical (unpaired) electrons. The van der Waals surface area contributed by atoms with Crippen molar-refractivity contribution in [2.45, 2.75) is 50.2 Å². The van der Waals surface area contributed by atoms with Gasteiger partial charge in [-0.05, 0) is 24.5 Å². The van der Waals surface area contributed by atoms with Crippen molar-refractivity contribution in [1.82, 2.24) is 0 Å². The lowest BCUT2D eigenvalue weighted by Gasteiger charge is -2.18. The number of aromatic carboxylic acids is 1. The molecule has 0 saturated carbocycles. The van der Waals surface area contributed by atoms with Crippen LogP contribution in [0, 0.1) is 0 Å². The van der Waals surface area contributed by atoms with Crippen molar-refractivity contribution in [1.29, 1.82) is 0 Å². The number of hydrogen-bond donors (Lipinski definition) is 1. The molecule has 1 N–H and O–H groups in total. The fourth-order valence-electron chi connectivity index (χ4n) is 1.79. The summed E-state index contributed by atoms with van der Waals surface area (Å²) < 4.78 is 26.1. The van der Waals surface area contributed by atoms with Gasteiger partial charge in [0, 0.05) is 15.7 Å². The molecular weight excluding hydrogens is 270 g/mol. The molecule has 0 aliphatic carbocycles. The van der Waals surface area contributed by atoms with Crippen molar-refractivity contribution in [2.75, 3.05) is 0 Å². The minimum absolute atomic E-state index is 0.0628. The van der Waals surface area contributed by atoms with Crippen molar-refractivity contribution in [3.8, 4) is 0 Å². The molecule has 0 aliphatic rings. The van der Waals surface area contributed by atoms with Gasteiger partial charge in [0.25, 0.3) is 6.43 Å². The van der Waals surface area contributed by atoms with Gasteiger partial charge in [0.2, 0.25) is 0 Å². The van der Waals surface area contributed by atoms with E-state index >= 15 is 0 Å². The highest BCUT2D eigenvalue weighted by atomic mass is 32.2. The lowest BCUT2D eigenvalue weighted by Crippen LogP contribution is -2.07. The second-order valence-corrected chi connectivity index (χ2v) is 5.75. The quantitative estimate of drug-likeness (QED) is 0.766. The van der Waals surface area contributed by atoms with Gasteiger partial charge in [0.15, 0.2) is 0 Å². The van der Waals surface area contributed by atoms with Crippen LogP contribution in [0.15, 0.2) is 17.0 Å². The average molecular weight is 288 g/mol. The van der Waals surface area contributed by atoms with Crippen LogP contribution in [0.4, 0.5) is 8.78 Å². The molecule has 0 fully saturated rings. The van der Waals surface area contributed by atoms with Crippen LogP contribution in [-0.2, 0) is 6.42 Å². The molecule has 0 bridgehead atoms. The normalized spacial score (nSPS) is 12.7. The molecule has 2 nitrogen and oxygen atoms in total. The summed E-state index contributed by atoms with van der Waals surface area (Å²) in [4.78, 5) is 11.6. The number of halogens is 2.